The number of carbonyl (C=O) groups is 1. The summed E-state index contributed by atoms with van der Waals surface area (Å²) in [6.07, 6.45) is 0. The fourth-order valence-corrected chi connectivity index (χ4v) is 2.95. The number of sulfonamides is 1. The number of benzene rings is 2. The van der Waals surface area contributed by atoms with Crippen LogP contribution in [0, 0.1) is 0 Å². The van der Waals surface area contributed by atoms with Crippen LogP contribution in [-0.2, 0) is 21.4 Å². The Morgan fingerprint density at radius 2 is 1.79 bits per heavy atom. The molecule has 0 aromatic heterocycles. The summed E-state index contributed by atoms with van der Waals surface area (Å²) in [5.74, 6) is -0.178. The van der Waals surface area contributed by atoms with Gasteiger partial charge in [-0.05, 0) is 30.3 Å². The number of rotatable bonds is 6. The molecule has 0 heterocycles. The predicted octanol–water partition coefficient (Wildman–Crippen LogP) is 0.641. The Balaban J connectivity index is 1.92. The van der Waals surface area contributed by atoms with Gasteiger partial charge in [0.25, 0.3) is 5.91 Å². The molecule has 0 spiro atoms. The molecule has 0 saturated carbocycles. The van der Waals surface area contributed by atoms with Gasteiger partial charge in [0, 0.05) is 16.3 Å². The third-order valence-electron chi connectivity index (χ3n) is 3.38. The third-order valence-corrected chi connectivity index (χ3v) is 4.68. The number of hydrogen-bond donors (Lipinski definition) is 3. The van der Waals surface area contributed by atoms with Gasteiger partial charge in [0.2, 0.25) is 10.0 Å². The summed E-state index contributed by atoms with van der Waals surface area (Å²) in [6, 6.07) is 13.2. The first-order valence-electron chi connectivity index (χ1n) is 7.23. The minimum Gasteiger partial charge on any atom is -0.326 e. The zero-order valence-corrected chi connectivity index (χ0v) is 14.7. The molecule has 0 aliphatic carbocycles. The number of quaternary nitrogens is 1. The maximum atomic E-state index is 12.1. The van der Waals surface area contributed by atoms with E-state index in [4.69, 9.17) is 16.7 Å². The van der Waals surface area contributed by atoms with Crippen molar-refractivity contribution in [3.8, 4) is 0 Å². The Kier molecular flexibility index (Phi) is 5.95. The summed E-state index contributed by atoms with van der Waals surface area (Å²) in [7, 11) is -1.84. The molecule has 8 heteroatoms. The van der Waals surface area contributed by atoms with Crippen LogP contribution in [0.1, 0.15) is 5.56 Å². The number of nitrogens with two attached hydrogens (primary N) is 1. The van der Waals surface area contributed by atoms with E-state index >= 15 is 0 Å². The average molecular weight is 369 g/mol. The molecule has 0 aliphatic rings. The van der Waals surface area contributed by atoms with Crippen LogP contribution in [0.15, 0.2) is 53.4 Å². The molecule has 4 N–H and O–H groups in total. The molecule has 0 bridgehead atoms. The van der Waals surface area contributed by atoms with E-state index in [1.165, 1.54) is 24.3 Å². The Morgan fingerprint density at radius 1 is 1.17 bits per heavy atom. The predicted molar refractivity (Wildman–Crippen MR) is 93.4 cm³/mol. The number of nitrogens with one attached hydrogen (secondary N) is 2. The topological polar surface area (TPSA) is 93.7 Å². The van der Waals surface area contributed by atoms with Crippen LogP contribution in [-0.4, -0.2) is 27.9 Å². The summed E-state index contributed by atoms with van der Waals surface area (Å²) >= 11 is 6.11. The minimum atomic E-state index is -3.74. The highest BCUT2D eigenvalue weighted by atomic mass is 35.5. The Hall–Kier alpha value is -1.93. The molecule has 2 aromatic carbocycles. The molecule has 1 amide bonds. The van der Waals surface area contributed by atoms with E-state index < -0.39 is 10.0 Å². The maximum absolute atomic E-state index is 12.1. The van der Waals surface area contributed by atoms with Gasteiger partial charge in [-0.25, -0.2) is 13.6 Å². The number of carbonyl (C=O) groups excluding carboxylic acids is 1. The lowest BCUT2D eigenvalue weighted by molar-refractivity contribution is -0.885. The molecule has 0 aliphatic heterocycles. The summed E-state index contributed by atoms with van der Waals surface area (Å²) in [6.45, 7) is 0.875. The SMILES string of the molecule is C[NH+](CC(=O)Nc1ccc(S(N)(=O)=O)cc1)Cc1ccccc1Cl. The van der Waals surface area contributed by atoms with Gasteiger partial charge in [-0.3, -0.25) is 4.79 Å². The van der Waals surface area contributed by atoms with Gasteiger partial charge in [-0.1, -0.05) is 29.8 Å². The standard InChI is InChI=1S/C16H18ClN3O3S/c1-20(10-12-4-2-3-5-15(12)17)11-16(21)19-13-6-8-14(9-7-13)24(18,22)23/h2-9H,10-11H2,1H3,(H,19,21)(H2,18,22,23)/p+1. The second-order valence-electron chi connectivity index (χ2n) is 5.52. The van der Waals surface area contributed by atoms with Crippen molar-refractivity contribution in [2.75, 3.05) is 18.9 Å². The smallest absolute Gasteiger partial charge is 0.279 e. The summed E-state index contributed by atoms with van der Waals surface area (Å²) in [5, 5.41) is 8.43. The molecule has 1 unspecified atom stereocenters. The second-order valence-corrected chi connectivity index (χ2v) is 7.49. The van der Waals surface area contributed by atoms with Crippen molar-refractivity contribution in [1.29, 1.82) is 0 Å². The Bertz CT molecular complexity index is 823. The fourth-order valence-electron chi connectivity index (χ4n) is 2.24. The third kappa shape index (κ3) is 5.31. The van der Waals surface area contributed by atoms with Crippen LogP contribution >= 0.6 is 11.6 Å². The molecule has 6 nitrogen and oxygen atoms in total. The van der Waals surface area contributed by atoms with E-state index in [0.717, 1.165) is 10.5 Å². The zero-order valence-electron chi connectivity index (χ0n) is 13.1. The van der Waals surface area contributed by atoms with E-state index in [2.05, 4.69) is 5.32 Å². The minimum absolute atomic E-state index is 0.00182. The van der Waals surface area contributed by atoms with Gasteiger partial charge in [0.05, 0.1) is 11.9 Å². The highest BCUT2D eigenvalue weighted by Crippen LogP contribution is 2.14. The molecule has 0 saturated heterocycles. The van der Waals surface area contributed by atoms with E-state index in [1.54, 1.807) is 0 Å². The molecule has 2 rings (SSSR count). The Labute approximate surface area is 146 Å². The van der Waals surface area contributed by atoms with Gasteiger partial charge < -0.3 is 10.2 Å². The molecule has 1 atom stereocenters. The van der Waals surface area contributed by atoms with Gasteiger partial charge >= 0.3 is 0 Å². The van der Waals surface area contributed by atoms with Crippen LogP contribution in [0.4, 0.5) is 5.69 Å². The highest BCUT2D eigenvalue weighted by Gasteiger charge is 2.13. The van der Waals surface area contributed by atoms with E-state index in [0.29, 0.717) is 17.3 Å². The number of hydrogen-bond acceptors (Lipinski definition) is 3. The van der Waals surface area contributed by atoms with Crippen LogP contribution in [0.2, 0.25) is 5.02 Å². The van der Waals surface area contributed by atoms with Gasteiger partial charge in [0.1, 0.15) is 6.54 Å². The lowest BCUT2D eigenvalue weighted by Gasteiger charge is -2.14. The average Bonchev–Trinajstić information content (AvgIpc) is 2.49. The lowest BCUT2D eigenvalue weighted by Crippen LogP contribution is -3.08. The van der Waals surface area contributed by atoms with Gasteiger partial charge in [0.15, 0.2) is 6.54 Å². The molecule has 24 heavy (non-hydrogen) atoms. The van der Waals surface area contributed by atoms with Crippen LogP contribution in [0.3, 0.4) is 0 Å². The molecule has 0 fully saturated rings. The number of halogens is 1. The molecular formula is C16H19ClN3O3S+. The van der Waals surface area contributed by atoms with Crippen molar-refractivity contribution in [3.63, 3.8) is 0 Å². The highest BCUT2D eigenvalue weighted by molar-refractivity contribution is 7.89. The van der Waals surface area contributed by atoms with E-state index in [-0.39, 0.29) is 17.3 Å². The van der Waals surface area contributed by atoms with Crippen LogP contribution in [0.5, 0.6) is 0 Å². The monoisotopic (exact) mass is 368 g/mol. The zero-order chi connectivity index (χ0) is 17.7. The number of anilines is 1. The van der Waals surface area contributed by atoms with Crippen molar-refractivity contribution in [3.05, 3.63) is 59.1 Å². The summed E-state index contributed by atoms with van der Waals surface area (Å²) in [5.41, 5.74) is 1.49. The first kappa shape index (κ1) is 18.4. The van der Waals surface area contributed by atoms with Crippen molar-refractivity contribution in [2.45, 2.75) is 11.4 Å². The van der Waals surface area contributed by atoms with Crippen molar-refractivity contribution >= 4 is 33.2 Å². The van der Waals surface area contributed by atoms with Crippen molar-refractivity contribution < 1.29 is 18.1 Å². The number of primary sulfonamides is 1. The Morgan fingerprint density at radius 3 is 2.38 bits per heavy atom. The van der Waals surface area contributed by atoms with E-state index in [9.17, 15) is 13.2 Å². The van der Waals surface area contributed by atoms with Crippen LogP contribution in [0.25, 0.3) is 0 Å². The first-order chi connectivity index (χ1) is 11.3. The largest absolute Gasteiger partial charge is 0.326 e. The number of likely N-dealkylation sites (N-methyl/N-ethyl adjacent to an activating group) is 1. The van der Waals surface area contributed by atoms with Crippen LogP contribution < -0.4 is 15.4 Å². The lowest BCUT2D eigenvalue weighted by atomic mass is 10.2. The molecular weight excluding hydrogens is 350 g/mol. The van der Waals surface area contributed by atoms with Crippen molar-refractivity contribution in [1.82, 2.24) is 0 Å². The van der Waals surface area contributed by atoms with Gasteiger partial charge in [-0.2, -0.15) is 0 Å². The quantitative estimate of drug-likeness (QED) is 0.698. The molecule has 0 radical (unpaired) electrons. The van der Waals surface area contributed by atoms with E-state index in [1.807, 2.05) is 31.3 Å². The van der Waals surface area contributed by atoms with Crippen molar-refractivity contribution in [2.24, 2.45) is 5.14 Å². The normalized spacial score (nSPS) is 12.6. The van der Waals surface area contributed by atoms with Gasteiger partial charge in [-0.15, -0.1) is 0 Å². The maximum Gasteiger partial charge on any atom is 0.279 e. The molecule has 2 aromatic rings. The number of amides is 1. The molecule has 128 valence electrons. The first-order valence-corrected chi connectivity index (χ1v) is 9.15. The summed E-state index contributed by atoms with van der Waals surface area (Å²) < 4.78 is 22.4. The second kappa shape index (κ2) is 7.76. The summed E-state index contributed by atoms with van der Waals surface area (Å²) in [4.78, 5) is 13.0. The fraction of sp³-hybridized carbons (Fsp3) is 0.188.